The zero-order valence-electron chi connectivity index (χ0n) is 14.0. The van der Waals surface area contributed by atoms with Crippen molar-refractivity contribution in [3.63, 3.8) is 0 Å². The van der Waals surface area contributed by atoms with Crippen LogP contribution < -0.4 is 5.32 Å². The molecule has 0 unspecified atom stereocenters. The van der Waals surface area contributed by atoms with E-state index in [4.69, 9.17) is 0 Å². The van der Waals surface area contributed by atoms with Crippen LogP contribution in [0.5, 0.6) is 0 Å². The highest BCUT2D eigenvalue weighted by Crippen LogP contribution is 2.32. The van der Waals surface area contributed by atoms with Crippen molar-refractivity contribution in [2.24, 2.45) is 5.92 Å². The number of hydrogen-bond acceptors (Lipinski definition) is 3. The molecule has 2 heterocycles. The smallest absolute Gasteiger partial charge is 0.325 e. The molecule has 23 heavy (non-hydrogen) atoms. The number of amides is 4. The maximum atomic E-state index is 12.8. The Morgan fingerprint density at radius 3 is 2.52 bits per heavy atom. The summed E-state index contributed by atoms with van der Waals surface area (Å²) in [5.74, 6) is 0.192. The van der Waals surface area contributed by atoms with Crippen molar-refractivity contribution in [3.8, 4) is 0 Å². The lowest BCUT2D eigenvalue weighted by Gasteiger charge is -2.32. The van der Waals surface area contributed by atoms with Crippen LogP contribution in [0, 0.1) is 5.92 Å². The van der Waals surface area contributed by atoms with Crippen molar-refractivity contribution in [2.75, 3.05) is 19.6 Å². The van der Waals surface area contributed by atoms with Crippen LogP contribution in [0.2, 0.25) is 0 Å². The van der Waals surface area contributed by atoms with Gasteiger partial charge in [0.05, 0.1) is 0 Å². The number of rotatable bonds is 2. The largest absolute Gasteiger partial charge is 0.341 e. The van der Waals surface area contributed by atoms with Crippen LogP contribution in [-0.4, -0.2) is 52.8 Å². The summed E-state index contributed by atoms with van der Waals surface area (Å²) >= 11 is 0. The lowest BCUT2D eigenvalue weighted by atomic mass is 9.90. The van der Waals surface area contributed by atoms with Crippen molar-refractivity contribution < 1.29 is 14.4 Å². The third-order valence-electron chi connectivity index (χ3n) is 5.51. The lowest BCUT2D eigenvalue weighted by Crippen LogP contribution is -2.48. The first-order valence-electron chi connectivity index (χ1n) is 8.94. The highest BCUT2D eigenvalue weighted by Gasteiger charge is 2.51. The van der Waals surface area contributed by atoms with Gasteiger partial charge in [0, 0.05) is 13.1 Å². The van der Waals surface area contributed by atoms with Crippen molar-refractivity contribution in [2.45, 2.75) is 63.8 Å². The first-order valence-corrected chi connectivity index (χ1v) is 8.94. The van der Waals surface area contributed by atoms with Gasteiger partial charge in [-0.25, -0.2) is 4.79 Å². The van der Waals surface area contributed by atoms with Crippen molar-refractivity contribution >= 4 is 17.8 Å². The molecule has 3 rings (SSSR count). The summed E-state index contributed by atoms with van der Waals surface area (Å²) in [6.07, 6.45) is 7.65. The molecule has 1 saturated carbocycles. The highest BCUT2D eigenvalue weighted by molar-refractivity contribution is 6.09. The summed E-state index contributed by atoms with van der Waals surface area (Å²) in [6.45, 7) is 3.48. The zero-order valence-corrected chi connectivity index (χ0v) is 14.0. The molecule has 2 saturated heterocycles. The van der Waals surface area contributed by atoms with Crippen LogP contribution in [0.4, 0.5) is 4.79 Å². The fraction of sp³-hybridized carbons (Fsp3) is 0.824. The van der Waals surface area contributed by atoms with Gasteiger partial charge in [-0.15, -0.1) is 0 Å². The maximum Gasteiger partial charge on any atom is 0.325 e. The number of carbonyl (C=O) groups excluding carboxylic acids is 3. The van der Waals surface area contributed by atoms with Gasteiger partial charge >= 0.3 is 6.03 Å². The maximum absolute atomic E-state index is 12.8. The predicted molar refractivity (Wildman–Crippen MR) is 85.7 cm³/mol. The number of carbonyl (C=O) groups is 3. The topological polar surface area (TPSA) is 69.7 Å². The van der Waals surface area contributed by atoms with Crippen LogP contribution in [-0.2, 0) is 9.59 Å². The lowest BCUT2D eigenvalue weighted by molar-refractivity contribution is -0.140. The first kappa shape index (κ1) is 16.3. The normalized spacial score (nSPS) is 28.0. The van der Waals surface area contributed by atoms with Gasteiger partial charge < -0.3 is 10.2 Å². The molecule has 0 aromatic heterocycles. The van der Waals surface area contributed by atoms with Crippen molar-refractivity contribution in [1.82, 2.24) is 15.1 Å². The molecule has 6 heteroatoms. The zero-order chi connectivity index (χ0) is 16.4. The van der Waals surface area contributed by atoms with E-state index in [-0.39, 0.29) is 18.4 Å². The molecule has 6 nitrogen and oxygen atoms in total. The second-order valence-corrected chi connectivity index (χ2v) is 7.40. The molecule has 2 aliphatic heterocycles. The molecule has 0 aromatic rings. The second-order valence-electron chi connectivity index (χ2n) is 7.40. The number of piperidine rings is 1. The number of imide groups is 1. The van der Waals surface area contributed by atoms with E-state index >= 15 is 0 Å². The second kappa shape index (κ2) is 6.49. The SMILES string of the molecule is C[C@H]1CCCN(C(=O)CN2C(=O)NC3(CCCCCC3)C2=O)C1. The molecular weight excluding hydrogens is 294 g/mol. The monoisotopic (exact) mass is 321 g/mol. The van der Waals surface area contributed by atoms with Gasteiger partial charge in [-0.1, -0.05) is 32.6 Å². The van der Waals surface area contributed by atoms with E-state index in [9.17, 15) is 14.4 Å². The van der Waals surface area contributed by atoms with E-state index < -0.39 is 11.6 Å². The summed E-state index contributed by atoms with van der Waals surface area (Å²) < 4.78 is 0. The molecular formula is C17H27N3O3. The Kier molecular flexibility index (Phi) is 4.60. The Balaban J connectivity index is 1.66. The molecule has 4 amide bonds. The Morgan fingerprint density at radius 1 is 1.17 bits per heavy atom. The fourth-order valence-corrected chi connectivity index (χ4v) is 4.14. The van der Waals surface area contributed by atoms with Crippen molar-refractivity contribution in [3.05, 3.63) is 0 Å². The minimum atomic E-state index is -0.747. The van der Waals surface area contributed by atoms with E-state index in [2.05, 4.69) is 12.2 Å². The number of urea groups is 1. The number of likely N-dealkylation sites (tertiary alicyclic amines) is 1. The van der Waals surface area contributed by atoms with Crippen LogP contribution in [0.3, 0.4) is 0 Å². The summed E-state index contributed by atoms with van der Waals surface area (Å²) in [5.41, 5.74) is -0.747. The van der Waals surface area contributed by atoms with E-state index in [1.54, 1.807) is 4.90 Å². The third-order valence-corrected chi connectivity index (χ3v) is 5.51. The molecule has 0 aromatic carbocycles. The minimum absolute atomic E-state index is 0.106. The van der Waals surface area contributed by atoms with Crippen LogP contribution in [0.1, 0.15) is 58.3 Å². The molecule has 1 N–H and O–H groups in total. The molecule has 0 bridgehead atoms. The standard InChI is InChI=1S/C17H27N3O3/c1-13-7-6-10-19(11-13)14(21)12-20-15(22)17(18-16(20)23)8-4-2-3-5-9-17/h13H,2-12H2,1H3,(H,18,23)/t13-/m0/s1. The molecule has 3 fully saturated rings. The molecule has 1 aliphatic carbocycles. The minimum Gasteiger partial charge on any atom is -0.341 e. The average Bonchev–Trinajstić information content (AvgIpc) is 2.71. The number of nitrogens with one attached hydrogen (secondary N) is 1. The highest BCUT2D eigenvalue weighted by atomic mass is 16.2. The van der Waals surface area contributed by atoms with E-state index in [1.807, 2.05) is 0 Å². The molecule has 3 aliphatic rings. The Morgan fingerprint density at radius 2 is 1.87 bits per heavy atom. The van der Waals surface area contributed by atoms with Gasteiger partial charge in [0.2, 0.25) is 5.91 Å². The van der Waals surface area contributed by atoms with Crippen molar-refractivity contribution in [1.29, 1.82) is 0 Å². The Bertz CT molecular complexity index is 497. The van der Waals surface area contributed by atoms with E-state index in [0.29, 0.717) is 18.8 Å². The van der Waals surface area contributed by atoms with E-state index in [0.717, 1.165) is 56.5 Å². The third kappa shape index (κ3) is 3.21. The number of nitrogens with zero attached hydrogens (tertiary/aromatic N) is 2. The van der Waals surface area contributed by atoms with Gasteiger partial charge in [-0.05, 0) is 31.6 Å². The molecule has 1 atom stereocenters. The molecule has 0 radical (unpaired) electrons. The van der Waals surface area contributed by atoms with Crippen LogP contribution in [0.25, 0.3) is 0 Å². The Hall–Kier alpha value is -1.59. The Labute approximate surface area is 137 Å². The predicted octanol–water partition coefficient (Wildman–Crippen LogP) is 1.89. The van der Waals surface area contributed by atoms with Crippen LogP contribution in [0.15, 0.2) is 0 Å². The van der Waals surface area contributed by atoms with Gasteiger partial charge in [0.1, 0.15) is 12.1 Å². The summed E-state index contributed by atoms with van der Waals surface area (Å²) in [5, 5.41) is 2.89. The fourth-order valence-electron chi connectivity index (χ4n) is 4.14. The van der Waals surface area contributed by atoms with Gasteiger partial charge in [-0.2, -0.15) is 0 Å². The van der Waals surface area contributed by atoms with Gasteiger partial charge in [0.25, 0.3) is 5.91 Å². The molecule has 128 valence electrons. The van der Waals surface area contributed by atoms with Gasteiger partial charge in [-0.3, -0.25) is 14.5 Å². The van der Waals surface area contributed by atoms with E-state index in [1.165, 1.54) is 0 Å². The van der Waals surface area contributed by atoms with Crippen LogP contribution >= 0.6 is 0 Å². The first-order chi connectivity index (χ1) is 11.0. The molecule has 1 spiro atoms. The van der Waals surface area contributed by atoms with Gasteiger partial charge in [0.15, 0.2) is 0 Å². The summed E-state index contributed by atoms with van der Waals surface area (Å²) in [7, 11) is 0. The number of hydrogen-bond donors (Lipinski definition) is 1. The quantitative estimate of drug-likeness (QED) is 0.790. The average molecular weight is 321 g/mol. The summed E-state index contributed by atoms with van der Waals surface area (Å²) in [4.78, 5) is 40.5. The summed E-state index contributed by atoms with van der Waals surface area (Å²) in [6, 6.07) is -0.393.